The third-order valence-corrected chi connectivity index (χ3v) is 2.29. The lowest BCUT2D eigenvalue weighted by Gasteiger charge is -2.14. The minimum absolute atomic E-state index is 0.253. The monoisotopic (exact) mass is 227 g/mol. The second-order valence-electron chi connectivity index (χ2n) is 3.80. The molecule has 1 aromatic heterocycles. The van der Waals surface area contributed by atoms with Gasteiger partial charge in [-0.05, 0) is 19.9 Å². The Morgan fingerprint density at radius 2 is 2.06 bits per heavy atom. The van der Waals surface area contributed by atoms with Crippen LogP contribution in [0.25, 0.3) is 11.0 Å². The fourth-order valence-electron chi connectivity index (χ4n) is 1.70. The van der Waals surface area contributed by atoms with Crippen LogP contribution in [0, 0.1) is 6.07 Å². The average Bonchev–Trinajstić information content (AvgIpc) is 2.55. The SMILES string of the molecule is CC(C)n1c(C(F)(F)F)nc2[c]cccc21. The van der Waals surface area contributed by atoms with Crippen LogP contribution in [-0.4, -0.2) is 9.55 Å². The highest BCUT2D eigenvalue weighted by Crippen LogP contribution is 2.33. The molecule has 1 aromatic carbocycles. The number of halogens is 3. The van der Waals surface area contributed by atoms with Gasteiger partial charge in [-0.15, -0.1) is 0 Å². The molecule has 0 amide bonds. The molecule has 0 aliphatic rings. The topological polar surface area (TPSA) is 17.8 Å². The van der Waals surface area contributed by atoms with Crippen molar-refractivity contribution in [2.45, 2.75) is 26.1 Å². The Bertz CT molecular complexity index is 511. The van der Waals surface area contributed by atoms with E-state index in [0.717, 1.165) is 0 Å². The summed E-state index contributed by atoms with van der Waals surface area (Å²) in [7, 11) is 0. The first kappa shape index (κ1) is 11.0. The van der Waals surface area contributed by atoms with Crippen molar-refractivity contribution >= 4 is 11.0 Å². The molecule has 1 heterocycles. The molecule has 0 fully saturated rings. The van der Waals surface area contributed by atoms with Crippen molar-refractivity contribution in [3.05, 3.63) is 30.1 Å². The van der Waals surface area contributed by atoms with E-state index in [1.165, 1.54) is 4.57 Å². The van der Waals surface area contributed by atoms with Gasteiger partial charge in [0.15, 0.2) is 0 Å². The molecule has 1 radical (unpaired) electrons. The summed E-state index contributed by atoms with van der Waals surface area (Å²) in [5.41, 5.74) is 0.716. The van der Waals surface area contributed by atoms with Crippen molar-refractivity contribution in [3.8, 4) is 0 Å². The minimum Gasteiger partial charge on any atom is -0.318 e. The van der Waals surface area contributed by atoms with Gasteiger partial charge in [0.1, 0.15) is 0 Å². The van der Waals surface area contributed by atoms with E-state index in [4.69, 9.17) is 0 Å². The van der Waals surface area contributed by atoms with Crippen LogP contribution in [0.2, 0.25) is 0 Å². The van der Waals surface area contributed by atoms with Gasteiger partial charge in [-0.3, -0.25) is 0 Å². The van der Waals surface area contributed by atoms with E-state index in [1.807, 2.05) is 0 Å². The fraction of sp³-hybridized carbons (Fsp3) is 0.364. The molecule has 0 aliphatic carbocycles. The first-order valence-electron chi connectivity index (χ1n) is 4.87. The lowest BCUT2D eigenvalue weighted by atomic mass is 10.3. The zero-order chi connectivity index (χ0) is 11.9. The number of hydrogen-bond donors (Lipinski definition) is 0. The van der Waals surface area contributed by atoms with Crippen molar-refractivity contribution in [3.63, 3.8) is 0 Å². The normalized spacial score (nSPS) is 12.6. The number of rotatable bonds is 1. The van der Waals surface area contributed by atoms with Gasteiger partial charge in [-0.25, -0.2) is 4.98 Å². The number of alkyl halides is 3. The van der Waals surface area contributed by atoms with Crippen molar-refractivity contribution in [1.29, 1.82) is 0 Å². The van der Waals surface area contributed by atoms with Crippen LogP contribution < -0.4 is 0 Å². The van der Waals surface area contributed by atoms with Crippen LogP contribution in [-0.2, 0) is 6.18 Å². The summed E-state index contributed by atoms with van der Waals surface area (Å²) < 4.78 is 39.4. The average molecular weight is 227 g/mol. The standard InChI is InChI=1S/C11H10F3N2/c1-7(2)16-9-6-4-3-5-8(9)15-10(16)11(12,13)14/h3-4,6-7H,1-2H3. The van der Waals surface area contributed by atoms with Gasteiger partial charge in [0.05, 0.1) is 11.0 Å². The third-order valence-electron chi connectivity index (χ3n) is 2.29. The van der Waals surface area contributed by atoms with Crippen LogP contribution in [0.3, 0.4) is 0 Å². The minimum atomic E-state index is -4.43. The second kappa shape index (κ2) is 3.50. The molecule has 0 atom stereocenters. The highest BCUT2D eigenvalue weighted by Gasteiger charge is 2.38. The van der Waals surface area contributed by atoms with Crippen LogP contribution >= 0.6 is 0 Å². The van der Waals surface area contributed by atoms with Gasteiger partial charge in [0.25, 0.3) is 0 Å². The first-order valence-corrected chi connectivity index (χ1v) is 4.87. The number of aromatic nitrogens is 2. The lowest BCUT2D eigenvalue weighted by molar-refractivity contribution is -0.147. The fourth-order valence-corrected chi connectivity index (χ4v) is 1.70. The van der Waals surface area contributed by atoms with Gasteiger partial charge in [-0.1, -0.05) is 12.1 Å². The Labute approximate surface area is 90.7 Å². The predicted molar refractivity (Wildman–Crippen MR) is 54.0 cm³/mol. The summed E-state index contributed by atoms with van der Waals surface area (Å²) in [5.74, 6) is -0.861. The Kier molecular flexibility index (Phi) is 2.40. The summed E-state index contributed by atoms with van der Waals surface area (Å²) >= 11 is 0. The van der Waals surface area contributed by atoms with Gasteiger partial charge in [-0.2, -0.15) is 13.2 Å². The Morgan fingerprint density at radius 3 is 2.62 bits per heavy atom. The van der Waals surface area contributed by atoms with Crippen LogP contribution in [0.5, 0.6) is 0 Å². The van der Waals surface area contributed by atoms with E-state index < -0.39 is 12.0 Å². The van der Waals surface area contributed by atoms with Crippen molar-refractivity contribution in [1.82, 2.24) is 9.55 Å². The molecule has 2 nitrogen and oxygen atoms in total. The van der Waals surface area contributed by atoms with E-state index in [0.29, 0.717) is 5.52 Å². The molecule has 0 bridgehead atoms. The smallest absolute Gasteiger partial charge is 0.318 e. The summed E-state index contributed by atoms with van der Waals surface area (Å²) in [6.45, 7) is 3.40. The molecule has 0 unspecified atom stereocenters. The van der Waals surface area contributed by atoms with Crippen molar-refractivity contribution < 1.29 is 13.2 Å². The molecule has 85 valence electrons. The molecule has 0 saturated carbocycles. The molecule has 0 N–H and O–H groups in total. The lowest BCUT2D eigenvalue weighted by Crippen LogP contribution is -2.16. The summed E-state index contributed by atoms with van der Waals surface area (Å²) in [4.78, 5) is 3.59. The maximum absolute atomic E-state index is 12.7. The molecule has 16 heavy (non-hydrogen) atoms. The number of nitrogens with zero attached hydrogens (tertiary/aromatic N) is 2. The Morgan fingerprint density at radius 1 is 1.38 bits per heavy atom. The molecule has 0 saturated heterocycles. The van der Waals surface area contributed by atoms with E-state index >= 15 is 0 Å². The molecule has 5 heteroatoms. The third kappa shape index (κ3) is 1.66. The number of para-hydroxylation sites is 1. The number of fused-ring (bicyclic) bond motifs is 1. The number of imidazole rings is 1. The Hall–Kier alpha value is -1.52. The first-order chi connectivity index (χ1) is 7.41. The number of hydrogen-bond acceptors (Lipinski definition) is 1. The molecule has 2 rings (SSSR count). The van der Waals surface area contributed by atoms with Crippen molar-refractivity contribution in [2.75, 3.05) is 0 Å². The maximum Gasteiger partial charge on any atom is 0.449 e. The maximum atomic E-state index is 12.7. The largest absolute Gasteiger partial charge is 0.449 e. The summed E-state index contributed by atoms with van der Waals surface area (Å²) in [5, 5.41) is 0. The summed E-state index contributed by atoms with van der Waals surface area (Å²) in [6, 6.07) is 7.24. The zero-order valence-electron chi connectivity index (χ0n) is 8.84. The van der Waals surface area contributed by atoms with Crippen LogP contribution in [0.1, 0.15) is 25.7 Å². The van der Waals surface area contributed by atoms with Crippen molar-refractivity contribution in [2.24, 2.45) is 0 Å². The quantitative estimate of drug-likeness (QED) is 0.729. The molecular weight excluding hydrogens is 217 g/mol. The predicted octanol–water partition coefficient (Wildman–Crippen LogP) is 3.44. The summed E-state index contributed by atoms with van der Waals surface area (Å²) in [6.07, 6.45) is -4.43. The zero-order valence-corrected chi connectivity index (χ0v) is 8.84. The van der Waals surface area contributed by atoms with Gasteiger partial charge < -0.3 is 4.57 Å². The molecule has 2 aromatic rings. The highest BCUT2D eigenvalue weighted by atomic mass is 19.4. The van der Waals surface area contributed by atoms with E-state index in [9.17, 15) is 13.2 Å². The van der Waals surface area contributed by atoms with Crippen LogP contribution in [0.4, 0.5) is 13.2 Å². The Balaban J connectivity index is 2.78. The van der Waals surface area contributed by atoms with E-state index in [-0.39, 0.29) is 11.6 Å². The van der Waals surface area contributed by atoms with Gasteiger partial charge in [0.2, 0.25) is 5.82 Å². The second-order valence-corrected chi connectivity index (χ2v) is 3.80. The number of benzene rings is 1. The molecular formula is C11H10F3N2. The highest BCUT2D eigenvalue weighted by molar-refractivity contribution is 5.75. The molecule has 0 spiro atoms. The van der Waals surface area contributed by atoms with Gasteiger partial charge in [0, 0.05) is 12.1 Å². The van der Waals surface area contributed by atoms with Gasteiger partial charge >= 0.3 is 6.18 Å². The molecule has 0 aliphatic heterocycles. The van der Waals surface area contributed by atoms with E-state index in [1.54, 1.807) is 32.0 Å². The van der Waals surface area contributed by atoms with E-state index in [2.05, 4.69) is 11.1 Å². The van der Waals surface area contributed by atoms with Crippen LogP contribution in [0.15, 0.2) is 18.2 Å².